The highest BCUT2D eigenvalue weighted by Gasteiger charge is 2.20. The number of benzene rings is 1. The number of rotatable bonds is 4. The van der Waals surface area contributed by atoms with E-state index in [2.05, 4.69) is 41.7 Å². The topological polar surface area (TPSA) is 82.5 Å². The van der Waals surface area contributed by atoms with Crippen LogP contribution in [0.25, 0.3) is 11.5 Å². The van der Waals surface area contributed by atoms with Crippen molar-refractivity contribution in [3.63, 3.8) is 0 Å². The van der Waals surface area contributed by atoms with Crippen molar-refractivity contribution in [3.05, 3.63) is 34.6 Å². The quantitative estimate of drug-likeness (QED) is 0.625. The Labute approximate surface area is 146 Å². The van der Waals surface area contributed by atoms with Crippen LogP contribution in [0.1, 0.15) is 26.7 Å². The summed E-state index contributed by atoms with van der Waals surface area (Å²) in [5, 5.41) is 20.7. The van der Waals surface area contributed by atoms with Gasteiger partial charge in [0.15, 0.2) is 0 Å². The maximum Gasteiger partial charge on any atom is 0.247 e. The average molecular weight is 395 g/mol. The van der Waals surface area contributed by atoms with Crippen LogP contribution < -0.4 is 0 Å². The summed E-state index contributed by atoms with van der Waals surface area (Å²) in [5.74, 6) is 1.56. The van der Waals surface area contributed by atoms with Crippen molar-refractivity contribution >= 4 is 27.7 Å². The normalized spacial score (nSPS) is 11.8. The maximum absolute atomic E-state index is 5.70. The van der Waals surface area contributed by atoms with Crippen molar-refractivity contribution in [1.82, 2.24) is 30.4 Å². The average Bonchev–Trinajstić information content (AvgIpc) is 3.14. The first-order chi connectivity index (χ1) is 10.9. The Morgan fingerprint density at radius 2 is 1.87 bits per heavy atom. The summed E-state index contributed by atoms with van der Waals surface area (Å²) in [6.07, 6.45) is 0. The van der Waals surface area contributed by atoms with Crippen molar-refractivity contribution in [3.8, 4) is 11.5 Å². The zero-order valence-electron chi connectivity index (χ0n) is 12.9. The molecule has 0 saturated heterocycles. The van der Waals surface area contributed by atoms with Gasteiger partial charge in [0.05, 0.1) is 11.3 Å². The van der Waals surface area contributed by atoms with E-state index in [0.717, 1.165) is 15.2 Å². The molecule has 0 spiro atoms. The van der Waals surface area contributed by atoms with Crippen LogP contribution in [0.5, 0.6) is 0 Å². The van der Waals surface area contributed by atoms with E-state index in [1.165, 1.54) is 11.8 Å². The van der Waals surface area contributed by atoms with E-state index in [9.17, 15) is 0 Å². The number of hydrogen-bond donors (Lipinski definition) is 0. The van der Waals surface area contributed by atoms with E-state index < -0.39 is 0 Å². The van der Waals surface area contributed by atoms with Gasteiger partial charge in [0.25, 0.3) is 0 Å². The van der Waals surface area contributed by atoms with E-state index in [4.69, 9.17) is 4.42 Å². The van der Waals surface area contributed by atoms with Gasteiger partial charge in [0, 0.05) is 10.0 Å². The molecule has 23 heavy (non-hydrogen) atoms. The lowest BCUT2D eigenvalue weighted by molar-refractivity contribution is 0.321. The van der Waals surface area contributed by atoms with Crippen LogP contribution in [-0.2, 0) is 11.3 Å². The molecular weight excluding hydrogens is 380 g/mol. The predicted octanol–water partition coefficient (Wildman–Crippen LogP) is 3.53. The van der Waals surface area contributed by atoms with Crippen LogP contribution >= 0.6 is 27.7 Å². The molecule has 3 aromatic rings. The van der Waals surface area contributed by atoms with Crippen LogP contribution in [0.15, 0.2) is 38.3 Å². The molecule has 3 rings (SSSR count). The number of nitrogens with zero attached hydrogens (tertiary/aromatic N) is 6. The van der Waals surface area contributed by atoms with Crippen molar-refractivity contribution in [1.29, 1.82) is 0 Å². The summed E-state index contributed by atoms with van der Waals surface area (Å²) in [6.45, 7) is 6.14. The van der Waals surface area contributed by atoms with Crippen LogP contribution in [0.3, 0.4) is 0 Å². The van der Waals surface area contributed by atoms with Gasteiger partial charge in [-0.2, -0.15) is 0 Å². The molecule has 0 unspecified atom stereocenters. The molecule has 0 amide bonds. The van der Waals surface area contributed by atoms with Gasteiger partial charge in [0.2, 0.25) is 16.9 Å². The van der Waals surface area contributed by atoms with Gasteiger partial charge < -0.3 is 4.42 Å². The van der Waals surface area contributed by atoms with E-state index in [-0.39, 0.29) is 5.54 Å². The van der Waals surface area contributed by atoms with Crippen molar-refractivity contribution in [2.75, 3.05) is 0 Å². The molecule has 7 nitrogen and oxygen atoms in total. The van der Waals surface area contributed by atoms with E-state index in [0.29, 0.717) is 17.5 Å². The van der Waals surface area contributed by atoms with Crippen LogP contribution in [0, 0.1) is 0 Å². The van der Waals surface area contributed by atoms with Gasteiger partial charge in [0.1, 0.15) is 0 Å². The summed E-state index contributed by atoms with van der Waals surface area (Å²) >= 11 is 4.87. The smallest absolute Gasteiger partial charge is 0.247 e. The third kappa shape index (κ3) is 3.78. The molecule has 120 valence electrons. The lowest BCUT2D eigenvalue weighted by Crippen LogP contribution is -2.24. The second kappa shape index (κ2) is 6.40. The summed E-state index contributed by atoms with van der Waals surface area (Å²) < 4.78 is 8.48. The Hall–Kier alpha value is -1.74. The van der Waals surface area contributed by atoms with Gasteiger partial charge in [-0.3, -0.25) is 0 Å². The SMILES string of the molecule is CC(C)(C)n1nnnc1SCc1nnc(-c2ccc(Br)cc2)o1. The number of hydrogen-bond acceptors (Lipinski definition) is 7. The molecule has 0 aliphatic rings. The standard InChI is InChI=1S/C14H15BrN6OS/c1-14(2,3)21-13(18-19-20-21)23-8-11-16-17-12(22-11)9-4-6-10(15)7-5-9/h4-7H,8H2,1-3H3. The maximum atomic E-state index is 5.70. The molecule has 0 saturated carbocycles. The van der Waals surface area contributed by atoms with Crippen LogP contribution in [-0.4, -0.2) is 30.4 Å². The van der Waals surface area contributed by atoms with Crippen molar-refractivity contribution in [2.24, 2.45) is 0 Å². The second-order valence-electron chi connectivity index (χ2n) is 5.84. The summed E-state index contributed by atoms with van der Waals surface area (Å²) in [5.41, 5.74) is 0.708. The minimum Gasteiger partial charge on any atom is -0.420 e. The summed E-state index contributed by atoms with van der Waals surface area (Å²) in [7, 11) is 0. The van der Waals surface area contributed by atoms with Crippen LogP contribution in [0.2, 0.25) is 0 Å². The molecule has 2 aromatic heterocycles. The van der Waals surface area contributed by atoms with E-state index >= 15 is 0 Å². The molecule has 0 aliphatic carbocycles. The fourth-order valence-corrected chi connectivity index (χ4v) is 3.00. The van der Waals surface area contributed by atoms with E-state index in [1.807, 2.05) is 45.0 Å². The molecule has 9 heteroatoms. The lowest BCUT2D eigenvalue weighted by Gasteiger charge is -2.19. The highest BCUT2D eigenvalue weighted by atomic mass is 79.9. The Balaban J connectivity index is 1.71. The largest absolute Gasteiger partial charge is 0.420 e. The van der Waals surface area contributed by atoms with Gasteiger partial charge in [-0.05, 0) is 55.5 Å². The number of tetrazole rings is 1. The number of aromatic nitrogens is 6. The Morgan fingerprint density at radius 3 is 2.57 bits per heavy atom. The minimum atomic E-state index is -0.177. The molecular formula is C14H15BrN6OS. The molecule has 2 heterocycles. The third-order valence-corrected chi connectivity index (χ3v) is 4.39. The minimum absolute atomic E-state index is 0.177. The monoisotopic (exact) mass is 394 g/mol. The van der Waals surface area contributed by atoms with Gasteiger partial charge in [-0.1, -0.05) is 27.7 Å². The highest BCUT2D eigenvalue weighted by Crippen LogP contribution is 2.26. The molecule has 0 radical (unpaired) electrons. The molecule has 1 aromatic carbocycles. The number of thioether (sulfide) groups is 1. The zero-order valence-corrected chi connectivity index (χ0v) is 15.3. The Morgan fingerprint density at radius 1 is 1.13 bits per heavy atom. The fraction of sp³-hybridized carbons (Fsp3) is 0.357. The summed E-state index contributed by atoms with van der Waals surface area (Å²) in [6, 6.07) is 7.72. The van der Waals surface area contributed by atoms with Crippen LogP contribution in [0.4, 0.5) is 0 Å². The Bertz CT molecular complexity index is 792. The first kappa shape index (κ1) is 16.1. The lowest BCUT2D eigenvalue weighted by atomic mass is 10.1. The molecule has 0 fully saturated rings. The van der Waals surface area contributed by atoms with Crippen molar-refractivity contribution in [2.45, 2.75) is 37.2 Å². The van der Waals surface area contributed by atoms with E-state index in [1.54, 1.807) is 4.68 Å². The molecule has 0 aliphatic heterocycles. The fourth-order valence-electron chi connectivity index (χ4n) is 1.84. The molecule has 0 atom stereocenters. The van der Waals surface area contributed by atoms with Gasteiger partial charge in [-0.25, -0.2) is 4.68 Å². The summed E-state index contributed by atoms with van der Waals surface area (Å²) in [4.78, 5) is 0. The zero-order chi connectivity index (χ0) is 16.4. The Kier molecular flexibility index (Phi) is 4.49. The van der Waals surface area contributed by atoms with Gasteiger partial charge in [-0.15, -0.1) is 15.3 Å². The van der Waals surface area contributed by atoms with Gasteiger partial charge >= 0.3 is 0 Å². The highest BCUT2D eigenvalue weighted by molar-refractivity contribution is 9.10. The first-order valence-corrected chi connectivity index (χ1v) is 8.71. The number of halogens is 1. The second-order valence-corrected chi connectivity index (χ2v) is 7.70. The predicted molar refractivity (Wildman–Crippen MR) is 89.8 cm³/mol. The first-order valence-electron chi connectivity index (χ1n) is 6.93. The van der Waals surface area contributed by atoms with Crippen molar-refractivity contribution < 1.29 is 4.42 Å². The molecule has 0 bridgehead atoms. The third-order valence-electron chi connectivity index (χ3n) is 2.96. The molecule has 0 N–H and O–H groups in total.